The fourth-order valence-electron chi connectivity index (χ4n) is 3.23. The van der Waals surface area contributed by atoms with Crippen LogP contribution in [0.2, 0.25) is 0 Å². The van der Waals surface area contributed by atoms with Crippen molar-refractivity contribution >= 4 is 17.8 Å². The van der Waals surface area contributed by atoms with Crippen LogP contribution in [0.5, 0.6) is 11.5 Å². The second-order valence-electron chi connectivity index (χ2n) is 6.42. The van der Waals surface area contributed by atoms with Gasteiger partial charge in [0.1, 0.15) is 11.5 Å². The highest BCUT2D eigenvalue weighted by atomic mass is 16.5. The van der Waals surface area contributed by atoms with E-state index in [1.807, 2.05) is 24.3 Å². The predicted octanol–water partition coefficient (Wildman–Crippen LogP) is 1.03. The van der Waals surface area contributed by atoms with E-state index in [0.29, 0.717) is 0 Å². The van der Waals surface area contributed by atoms with E-state index in [0.717, 1.165) is 49.9 Å². The van der Waals surface area contributed by atoms with Crippen LogP contribution >= 0.6 is 0 Å². The van der Waals surface area contributed by atoms with Gasteiger partial charge in [-0.15, -0.1) is 0 Å². The van der Waals surface area contributed by atoms with E-state index in [4.69, 9.17) is 14.5 Å². The minimum atomic E-state index is 0.788. The first kappa shape index (κ1) is 16.3. The number of ether oxygens (including phenoxy) is 2. The Morgan fingerprint density at radius 2 is 1.85 bits per heavy atom. The summed E-state index contributed by atoms with van der Waals surface area (Å²) in [6, 6.07) is 9.99. The van der Waals surface area contributed by atoms with Crippen molar-refractivity contribution in [3.63, 3.8) is 0 Å². The molecule has 5 nitrogen and oxygen atoms in total. The molecule has 3 aromatic rings. The summed E-state index contributed by atoms with van der Waals surface area (Å²) in [6.07, 6.45) is 4.12. The number of hydrogen-bond donors (Lipinski definition) is 2. The lowest BCUT2D eigenvalue weighted by Gasteiger charge is -1.95. The van der Waals surface area contributed by atoms with Crippen LogP contribution in [0.15, 0.2) is 35.3 Å². The number of aryl methyl sites for hydroxylation is 2. The maximum Gasteiger partial charge on any atom is 0.144 e. The van der Waals surface area contributed by atoms with Gasteiger partial charge >= 0.3 is 0 Å². The number of H-pyrrole nitrogens is 2. The van der Waals surface area contributed by atoms with Crippen LogP contribution in [0.3, 0.4) is 0 Å². The smallest absolute Gasteiger partial charge is 0.144 e. The Balaban J connectivity index is 1.89. The Hall–Kier alpha value is -3.21. The number of benzene rings is 1. The van der Waals surface area contributed by atoms with E-state index < -0.39 is 0 Å². The number of hydrogen-bond acceptors (Lipinski definition) is 3. The molecule has 0 saturated carbocycles. The largest absolute Gasteiger partial charge is 0.497 e. The topological polar surface area (TPSA) is 62.4 Å². The number of methoxy groups -OCH3 is 2. The molecule has 3 heterocycles. The van der Waals surface area contributed by atoms with Crippen LogP contribution in [0, 0.1) is 13.8 Å². The molecule has 0 aliphatic carbocycles. The summed E-state index contributed by atoms with van der Waals surface area (Å²) in [5.74, 6) is 1.61. The number of aromatic amines is 2. The lowest BCUT2D eigenvalue weighted by molar-refractivity contribution is 0.412. The van der Waals surface area contributed by atoms with E-state index in [1.54, 1.807) is 14.2 Å². The molecule has 0 amide bonds. The highest BCUT2D eigenvalue weighted by molar-refractivity contribution is 5.77. The molecule has 2 aromatic heterocycles. The van der Waals surface area contributed by atoms with Crippen LogP contribution in [-0.4, -0.2) is 24.2 Å². The van der Waals surface area contributed by atoms with Crippen molar-refractivity contribution in [3.8, 4) is 11.5 Å². The summed E-state index contributed by atoms with van der Waals surface area (Å²) >= 11 is 0. The van der Waals surface area contributed by atoms with Crippen molar-refractivity contribution in [2.24, 2.45) is 4.99 Å². The fourth-order valence-corrected chi connectivity index (χ4v) is 3.23. The summed E-state index contributed by atoms with van der Waals surface area (Å²) in [5, 5.41) is 3.83. The van der Waals surface area contributed by atoms with Crippen LogP contribution < -0.4 is 30.7 Å². The Labute approximate surface area is 151 Å². The first-order chi connectivity index (χ1) is 12.6. The van der Waals surface area contributed by atoms with Gasteiger partial charge in [-0.2, -0.15) is 0 Å². The molecule has 0 unspecified atom stereocenters. The van der Waals surface area contributed by atoms with Gasteiger partial charge in [0.2, 0.25) is 0 Å². The normalized spacial score (nSPS) is 15.5. The number of aromatic nitrogens is 2. The zero-order valence-corrected chi connectivity index (χ0v) is 15.3. The van der Waals surface area contributed by atoms with Crippen molar-refractivity contribution in [3.05, 3.63) is 68.6 Å². The van der Waals surface area contributed by atoms with Gasteiger partial charge in [-0.25, -0.2) is 4.99 Å². The molecule has 0 saturated heterocycles. The minimum absolute atomic E-state index is 0.788. The van der Waals surface area contributed by atoms with E-state index in [1.165, 1.54) is 5.56 Å². The second-order valence-corrected chi connectivity index (χ2v) is 6.42. The van der Waals surface area contributed by atoms with Crippen molar-refractivity contribution in [1.29, 1.82) is 0 Å². The van der Waals surface area contributed by atoms with Crippen LogP contribution in [0.4, 0.5) is 0 Å². The maximum atomic E-state index is 5.55. The average molecular weight is 347 g/mol. The molecule has 0 fully saturated rings. The molecule has 1 aliphatic rings. The molecular weight excluding hydrogens is 326 g/mol. The molecule has 0 radical (unpaired) electrons. The second kappa shape index (κ2) is 6.26. The highest BCUT2D eigenvalue weighted by Gasteiger charge is 2.07. The molecule has 5 heteroatoms. The lowest BCUT2D eigenvalue weighted by atomic mass is 10.2. The Morgan fingerprint density at radius 1 is 1.00 bits per heavy atom. The van der Waals surface area contributed by atoms with Gasteiger partial charge in [-0.3, -0.25) is 0 Å². The van der Waals surface area contributed by atoms with Crippen LogP contribution in [0.1, 0.15) is 17.0 Å². The van der Waals surface area contributed by atoms with Gasteiger partial charge in [0, 0.05) is 22.7 Å². The van der Waals surface area contributed by atoms with Gasteiger partial charge in [0.15, 0.2) is 0 Å². The van der Waals surface area contributed by atoms with Crippen molar-refractivity contribution in [1.82, 2.24) is 9.97 Å². The monoisotopic (exact) mass is 347 g/mol. The highest BCUT2D eigenvalue weighted by Crippen LogP contribution is 2.11. The zero-order valence-electron chi connectivity index (χ0n) is 15.3. The summed E-state index contributed by atoms with van der Waals surface area (Å²) in [6.45, 7) is 4.14. The molecule has 0 spiro atoms. The van der Waals surface area contributed by atoms with E-state index >= 15 is 0 Å². The molecule has 132 valence electrons. The van der Waals surface area contributed by atoms with E-state index in [9.17, 15) is 0 Å². The van der Waals surface area contributed by atoms with Crippen LogP contribution in [-0.2, 0) is 0 Å². The maximum absolute atomic E-state index is 5.55. The first-order valence-corrected chi connectivity index (χ1v) is 8.47. The number of fused-ring (bicyclic) bond motifs is 1. The minimum Gasteiger partial charge on any atom is -0.497 e. The van der Waals surface area contributed by atoms with E-state index in [2.05, 4.69) is 42.0 Å². The third kappa shape index (κ3) is 2.81. The van der Waals surface area contributed by atoms with Gasteiger partial charge in [0.25, 0.3) is 0 Å². The van der Waals surface area contributed by atoms with E-state index in [-0.39, 0.29) is 0 Å². The lowest BCUT2D eigenvalue weighted by Crippen LogP contribution is -2.20. The molecule has 0 atom stereocenters. The van der Waals surface area contributed by atoms with Gasteiger partial charge in [-0.1, -0.05) is 0 Å². The third-order valence-corrected chi connectivity index (χ3v) is 4.55. The van der Waals surface area contributed by atoms with Gasteiger partial charge < -0.3 is 19.4 Å². The van der Waals surface area contributed by atoms with Crippen molar-refractivity contribution < 1.29 is 9.47 Å². The standard InChI is InChI=1S/C21H21N3O2/c1-12-7-13(2)22-17(12)10-20-21(26-4)11-19(24-20)18-9-14-8-15(25-3)5-6-16(14)23-18/h5-11,22,24H,1-4H3/b19-18-,20-10-. The molecule has 1 aliphatic heterocycles. The SMILES string of the molecule is COc1ccc2c(c1)=C/C(=c1\cc(OC)/c(=C/c3[nH]c(C)cc3C)[nH]1)N=2. The number of nitrogens with one attached hydrogen (secondary N) is 2. The summed E-state index contributed by atoms with van der Waals surface area (Å²) < 4.78 is 10.8. The molecule has 4 rings (SSSR count). The Kier molecular flexibility index (Phi) is 3.92. The third-order valence-electron chi connectivity index (χ3n) is 4.55. The summed E-state index contributed by atoms with van der Waals surface area (Å²) in [4.78, 5) is 11.5. The summed E-state index contributed by atoms with van der Waals surface area (Å²) in [7, 11) is 3.34. The average Bonchev–Trinajstić information content (AvgIpc) is 3.31. The zero-order chi connectivity index (χ0) is 18.3. The molecule has 26 heavy (non-hydrogen) atoms. The number of nitrogens with zero attached hydrogens (tertiary/aromatic N) is 1. The first-order valence-electron chi connectivity index (χ1n) is 8.47. The molecule has 1 aromatic carbocycles. The van der Waals surface area contributed by atoms with Crippen LogP contribution in [0.25, 0.3) is 17.8 Å². The Bertz CT molecular complexity index is 1230. The molecule has 0 bridgehead atoms. The molecule has 2 N–H and O–H groups in total. The quantitative estimate of drug-likeness (QED) is 0.743. The predicted molar refractivity (Wildman–Crippen MR) is 102 cm³/mol. The van der Waals surface area contributed by atoms with Crippen molar-refractivity contribution in [2.45, 2.75) is 13.8 Å². The number of rotatable bonds is 3. The van der Waals surface area contributed by atoms with Crippen molar-refractivity contribution in [2.75, 3.05) is 14.2 Å². The van der Waals surface area contributed by atoms with Gasteiger partial charge in [-0.05, 0) is 55.8 Å². The summed E-state index contributed by atoms with van der Waals surface area (Å²) in [5.41, 5.74) is 4.28. The van der Waals surface area contributed by atoms with Gasteiger partial charge in [0.05, 0.1) is 36.0 Å². The molecular formula is C21H21N3O2. The Morgan fingerprint density at radius 3 is 2.54 bits per heavy atom. The fraction of sp³-hybridized carbons (Fsp3) is 0.190.